The second-order valence-electron chi connectivity index (χ2n) is 2.93. The monoisotopic (exact) mass is 247 g/mol. The lowest BCUT2D eigenvalue weighted by Gasteiger charge is -2.14. The molecule has 0 heterocycles. The molecule has 0 rings (SSSR count). The van der Waals surface area contributed by atoms with Crippen molar-refractivity contribution in [2.24, 2.45) is 0 Å². The lowest BCUT2D eigenvalue weighted by Crippen LogP contribution is -2.38. The molecule has 90 valence electrons. The lowest BCUT2D eigenvalue weighted by molar-refractivity contribution is -0.175. The summed E-state index contributed by atoms with van der Waals surface area (Å²) in [4.78, 5) is 11.0. The molecule has 1 atom stereocenters. The number of carbonyl (C=O) groups is 1. The highest BCUT2D eigenvalue weighted by Gasteiger charge is 2.27. The van der Waals surface area contributed by atoms with E-state index in [0.717, 1.165) is 0 Å². The third kappa shape index (κ3) is 8.50. The highest BCUT2D eigenvalue weighted by Crippen LogP contribution is 2.14. The third-order valence-corrected chi connectivity index (χ3v) is 1.92. The van der Waals surface area contributed by atoms with Gasteiger partial charge >= 0.3 is 6.18 Å². The van der Waals surface area contributed by atoms with Crippen LogP contribution in [0.25, 0.3) is 0 Å². The molecule has 0 radical (unpaired) electrons. The van der Waals surface area contributed by atoms with Crippen LogP contribution in [0.5, 0.6) is 0 Å². The first-order valence-corrected chi connectivity index (χ1v) is 4.92. The second kappa shape index (κ2) is 6.90. The van der Waals surface area contributed by atoms with Gasteiger partial charge in [-0.25, -0.2) is 0 Å². The van der Waals surface area contributed by atoms with Crippen LogP contribution in [0.1, 0.15) is 13.3 Å². The van der Waals surface area contributed by atoms with Crippen LogP contribution >= 0.6 is 11.6 Å². The summed E-state index contributed by atoms with van der Waals surface area (Å²) in [5.74, 6) is -0.367. The van der Waals surface area contributed by atoms with E-state index in [9.17, 15) is 18.0 Å². The number of alkyl halides is 4. The van der Waals surface area contributed by atoms with E-state index in [-0.39, 0.29) is 11.9 Å². The first-order chi connectivity index (χ1) is 6.89. The molecule has 1 N–H and O–H groups in total. The Kier molecular flexibility index (Phi) is 6.67. The van der Waals surface area contributed by atoms with Crippen molar-refractivity contribution in [3.05, 3.63) is 0 Å². The Bertz CT molecular complexity index is 195. The number of amides is 1. The zero-order chi connectivity index (χ0) is 11.9. The van der Waals surface area contributed by atoms with Crippen LogP contribution in [0.2, 0.25) is 0 Å². The molecule has 0 spiro atoms. The topological polar surface area (TPSA) is 38.3 Å². The van der Waals surface area contributed by atoms with Crippen LogP contribution in [0, 0.1) is 0 Å². The molecule has 7 heteroatoms. The van der Waals surface area contributed by atoms with Gasteiger partial charge in [-0.1, -0.05) is 6.92 Å². The predicted octanol–water partition coefficient (Wildman–Crippen LogP) is 1.70. The molecule has 0 bridgehead atoms. The zero-order valence-electron chi connectivity index (χ0n) is 8.23. The Morgan fingerprint density at radius 2 is 2.13 bits per heavy atom. The molecule has 0 aromatic rings. The Morgan fingerprint density at radius 3 is 2.53 bits per heavy atom. The Morgan fingerprint density at radius 1 is 1.53 bits per heavy atom. The average molecular weight is 248 g/mol. The van der Waals surface area contributed by atoms with E-state index >= 15 is 0 Å². The van der Waals surface area contributed by atoms with Crippen LogP contribution in [0.3, 0.4) is 0 Å². The zero-order valence-corrected chi connectivity index (χ0v) is 8.99. The fraction of sp³-hybridized carbons (Fsp3) is 0.875. The largest absolute Gasteiger partial charge is 0.411 e. The van der Waals surface area contributed by atoms with Gasteiger partial charge in [0.15, 0.2) is 0 Å². The first-order valence-electron chi connectivity index (χ1n) is 4.39. The van der Waals surface area contributed by atoms with Crippen LogP contribution in [-0.4, -0.2) is 37.2 Å². The first kappa shape index (κ1) is 14.5. The number of rotatable bonds is 6. The van der Waals surface area contributed by atoms with Gasteiger partial charge in [0, 0.05) is 11.9 Å². The summed E-state index contributed by atoms with van der Waals surface area (Å²) in [6.45, 7) is -0.213. The maximum atomic E-state index is 11.6. The molecule has 3 nitrogen and oxygen atoms in total. The lowest BCUT2D eigenvalue weighted by atomic mass is 10.2. The molecule has 0 aromatic carbocycles. The summed E-state index contributed by atoms with van der Waals surface area (Å²) in [5, 5.41) is 2.44. The van der Waals surface area contributed by atoms with Crippen LogP contribution in [0.4, 0.5) is 13.2 Å². The smallest absolute Gasteiger partial charge is 0.362 e. The van der Waals surface area contributed by atoms with E-state index in [1.165, 1.54) is 0 Å². The van der Waals surface area contributed by atoms with Gasteiger partial charge in [-0.3, -0.25) is 4.79 Å². The number of nitrogens with one attached hydrogen (secondary N) is 1. The number of hydrogen-bond donors (Lipinski definition) is 1. The van der Waals surface area contributed by atoms with Crippen LogP contribution in [-0.2, 0) is 9.53 Å². The van der Waals surface area contributed by atoms with Crippen molar-refractivity contribution < 1.29 is 22.7 Å². The Balaban J connectivity index is 3.66. The fourth-order valence-corrected chi connectivity index (χ4v) is 1.07. The van der Waals surface area contributed by atoms with E-state index in [0.29, 0.717) is 6.42 Å². The van der Waals surface area contributed by atoms with Gasteiger partial charge in [0.25, 0.3) is 0 Å². The summed E-state index contributed by atoms with van der Waals surface area (Å²) in [7, 11) is 0. The van der Waals surface area contributed by atoms with E-state index in [4.69, 9.17) is 11.6 Å². The van der Waals surface area contributed by atoms with Crippen molar-refractivity contribution in [1.29, 1.82) is 0 Å². The van der Waals surface area contributed by atoms with Crippen molar-refractivity contribution in [3.8, 4) is 0 Å². The normalized spacial score (nSPS) is 13.7. The van der Waals surface area contributed by atoms with E-state index in [1.807, 2.05) is 6.92 Å². The van der Waals surface area contributed by atoms with Gasteiger partial charge < -0.3 is 10.1 Å². The molecule has 1 amide bonds. The van der Waals surface area contributed by atoms with Gasteiger partial charge in [0.05, 0.1) is 0 Å². The van der Waals surface area contributed by atoms with Gasteiger partial charge in [-0.2, -0.15) is 13.2 Å². The Hall–Kier alpha value is -0.490. The molecule has 0 aromatic heterocycles. The van der Waals surface area contributed by atoms with Crippen LogP contribution < -0.4 is 5.32 Å². The minimum absolute atomic E-state index is 0.224. The van der Waals surface area contributed by atoms with E-state index < -0.39 is 25.3 Å². The molecule has 0 aliphatic carbocycles. The minimum atomic E-state index is -4.41. The van der Waals surface area contributed by atoms with Gasteiger partial charge in [-0.05, 0) is 6.42 Å². The second-order valence-corrected chi connectivity index (χ2v) is 3.24. The number of halogens is 4. The Labute approximate surface area is 90.9 Å². The quantitative estimate of drug-likeness (QED) is 0.726. The summed E-state index contributed by atoms with van der Waals surface area (Å²) >= 11 is 5.48. The maximum Gasteiger partial charge on any atom is 0.411 e. The van der Waals surface area contributed by atoms with Gasteiger partial charge in [-0.15, -0.1) is 11.6 Å². The van der Waals surface area contributed by atoms with Crippen LogP contribution in [0.15, 0.2) is 0 Å². The number of hydrogen-bond acceptors (Lipinski definition) is 2. The molecule has 0 fully saturated rings. The van der Waals surface area contributed by atoms with Gasteiger partial charge in [0.2, 0.25) is 5.91 Å². The molecule has 0 saturated carbocycles. The molecule has 0 aliphatic rings. The summed E-state index contributed by atoms with van der Waals surface area (Å²) in [6.07, 6.45) is -3.79. The SMILES string of the molecule is CCC(CCl)NC(=O)COCC(F)(F)F. The number of ether oxygens (including phenoxy) is 1. The fourth-order valence-electron chi connectivity index (χ4n) is 0.779. The molecular formula is C8H13ClF3NO2. The maximum absolute atomic E-state index is 11.6. The summed E-state index contributed by atoms with van der Waals surface area (Å²) < 4.78 is 39.0. The van der Waals surface area contributed by atoms with Crippen molar-refractivity contribution in [3.63, 3.8) is 0 Å². The van der Waals surface area contributed by atoms with Gasteiger partial charge in [0.1, 0.15) is 13.2 Å². The minimum Gasteiger partial charge on any atom is -0.362 e. The molecule has 15 heavy (non-hydrogen) atoms. The average Bonchev–Trinajstić information content (AvgIpc) is 2.12. The number of carbonyl (C=O) groups excluding carboxylic acids is 1. The van der Waals surface area contributed by atoms with E-state index in [1.54, 1.807) is 0 Å². The molecular weight excluding hydrogens is 235 g/mol. The molecule has 0 saturated heterocycles. The van der Waals surface area contributed by atoms with Crippen molar-refractivity contribution in [2.45, 2.75) is 25.6 Å². The van der Waals surface area contributed by atoms with Crippen molar-refractivity contribution >= 4 is 17.5 Å². The van der Waals surface area contributed by atoms with Crippen molar-refractivity contribution in [1.82, 2.24) is 5.32 Å². The molecule has 1 unspecified atom stereocenters. The third-order valence-electron chi connectivity index (χ3n) is 1.54. The summed E-state index contributed by atoms with van der Waals surface area (Å²) in [5.41, 5.74) is 0. The standard InChI is InChI=1S/C8H13ClF3NO2/c1-2-6(3-9)13-7(14)4-15-5-8(10,11)12/h6H,2-5H2,1H3,(H,13,14). The highest BCUT2D eigenvalue weighted by molar-refractivity contribution is 6.18. The molecule has 0 aliphatic heterocycles. The predicted molar refractivity (Wildman–Crippen MR) is 49.8 cm³/mol. The van der Waals surface area contributed by atoms with Crippen molar-refractivity contribution in [2.75, 3.05) is 19.1 Å². The highest BCUT2D eigenvalue weighted by atomic mass is 35.5. The van der Waals surface area contributed by atoms with E-state index in [2.05, 4.69) is 10.1 Å². The summed E-state index contributed by atoms with van der Waals surface area (Å²) in [6, 6.07) is -0.228.